The minimum absolute atomic E-state index is 0. The summed E-state index contributed by atoms with van der Waals surface area (Å²) >= 11 is 8.77. The fourth-order valence-electron chi connectivity index (χ4n) is 1.80. The fourth-order valence-corrected chi connectivity index (χ4v) is 1.93. The van der Waals surface area contributed by atoms with Gasteiger partial charge in [-0.1, -0.05) is 60.7 Å². The first-order valence-corrected chi connectivity index (χ1v) is 7.35. The molecular formula is C16H21N2NaO3S2. The van der Waals surface area contributed by atoms with E-state index in [0.717, 1.165) is 11.1 Å². The van der Waals surface area contributed by atoms with E-state index < -0.39 is 5.17 Å². The number of hydrogen-bond donors (Lipinski definition) is 3. The van der Waals surface area contributed by atoms with Gasteiger partial charge in [0.2, 0.25) is 0 Å². The monoisotopic (exact) mass is 376 g/mol. The first-order valence-electron chi connectivity index (χ1n) is 6.53. The van der Waals surface area contributed by atoms with Gasteiger partial charge < -0.3 is 26.3 Å². The molecule has 6 N–H and O–H groups in total. The number of rotatable bonds is 4. The van der Waals surface area contributed by atoms with Crippen LogP contribution in [0.1, 0.15) is 11.1 Å². The van der Waals surface area contributed by atoms with Gasteiger partial charge in [0.25, 0.3) is 10.3 Å². The van der Waals surface area contributed by atoms with Crippen LogP contribution in [-0.4, -0.2) is 60.5 Å². The second-order valence-corrected chi connectivity index (χ2v) is 5.23. The second-order valence-electron chi connectivity index (χ2n) is 4.45. The molecule has 0 atom stereocenters. The van der Waals surface area contributed by atoms with Crippen LogP contribution in [0.4, 0.5) is 0 Å². The molecule has 0 unspecified atom stereocenters. The summed E-state index contributed by atoms with van der Waals surface area (Å²) in [4.78, 5) is 1.78. The SMILES string of the molecule is NC(O)=S.O.OC(=S)N(Cc1ccccc1)Cc1ccccc1.[NaH]. The number of benzene rings is 2. The summed E-state index contributed by atoms with van der Waals surface area (Å²) in [7, 11) is 0. The Morgan fingerprint density at radius 1 is 0.833 bits per heavy atom. The Hall–Kier alpha value is -1.22. The van der Waals surface area contributed by atoms with Crippen molar-refractivity contribution in [2.24, 2.45) is 5.73 Å². The number of nitrogens with zero attached hydrogens (tertiary/aromatic N) is 1. The Balaban J connectivity index is 0. The molecule has 126 valence electrons. The van der Waals surface area contributed by atoms with Crippen molar-refractivity contribution in [2.45, 2.75) is 13.1 Å². The molecule has 0 heterocycles. The van der Waals surface area contributed by atoms with E-state index >= 15 is 0 Å². The Morgan fingerprint density at radius 2 is 1.12 bits per heavy atom. The van der Waals surface area contributed by atoms with Gasteiger partial charge in [-0.25, -0.2) is 0 Å². The zero-order valence-electron chi connectivity index (χ0n) is 12.4. The van der Waals surface area contributed by atoms with Crippen LogP contribution < -0.4 is 5.73 Å². The Labute approximate surface area is 174 Å². The molecule has 0 bridgehead atoms. The van der Waals surface area contributed by atoms with Crippen molar-refractivity contribution in [3.8, 4) is 0 Å². The van der Waals surface area contributed by atoms with Crippen molar-refractivity contribution < 1.29 is 15.7 Å². The molecule has 2 aromatic carbocycles. The van der Waals surface area contributed by atoms with Gasteiger partial charge >= 0.3 is 29.6 Å². The fraction of sp³-hybridized carbons (Fsp3) is 0.125. The van der Waals surface area contributed by atoms with Gasteiger partial charge in [0.15, 0.2) is 0 Å². The van der Waals surface area contributed by atoms with E-state index in [4.69, 9.17) is 17.3 Å². The molecule has 5 nitrogen and oxygen atoms in total. The van der Waals surface area contributed by atoms with Gasteiger partial charge in [0.05, 0.1) is 0 Å². The maximum atomic E-state index is 9.59. The summed E-state index contributed by atoms with van der Waals surface area (Å²) in [6, 6.07) is 20.0. The Bertz CT molecular complexity index is 555. The Morgan fingerprint density at radius 3 is 1.38 bits per heavy atom. The summed E-state index contributed by atoms with van der Waals surface area (Å²) in [5, 5.41) is 16.6. The summed E-state index contributed by atoms with van der Waals surface area (Å²) in [5.74, 6) is 0. The molecule has 2 rings (SSSR count). The summed E-state index contributed by atoms with van der Waals surface area (Å²) in [5.41, 5.74) is 6.66. The molecule has 0 saturated heterocycles. The quantitative estimate of drug-likeness (QED) is 0.556. The van der Waals surface area contributed by atoms with Gasteiger partial charge in [-0.3, -0.25) is 0 Å². The number of thiocarbonyl (C=S) groups is 2. The van der Waals surface area contributed by atoms with Crippen LogP contribution in [-0.2, 0) is 13.1 Å². The summed E-state index contributed by atoms with van der Waals surface area (Å²) < 4.78 is 0. The predicted molar refractivity (Wildman–Crippen MR) is 108 cm³/mol. The van der Waals surface area contributed by atoms with Gasteiger partial charge in [-0.15, -0.1) is 0 Å². The van der Waals surface area contributed by atoms with Crippen molar-refractivity contribution in [3.63, 3.8) is 0 Å². The third-order valence-electron chi connectivity index (χ3n) is 2.70. The molecular weight excluding hydrogens is 355 g/mol. The van der Waals surface area contributed by atoms with Gasteiger partial charge in [0, 0.05) is 13.1 Å². The first-order chi connectivity index (χ1) is 10.5. The number of hydrogen-bond acceptors (Lipinski definition) is 2. The molecule has 0 aliphatic rings. The molecule has 2 aromatic rings. The molecule has 0 amide bonds. The molecule has 0 aliphatic carbocycles. The van der Waals surface area contributed by atoms with Crippen LogP contribution in [0.2, 0.25) is 0 Å². The van der Waals surface area contributed by atoms with E-state index in [-0.39, 0.29) is 40.2 Å². The molecule has 0 spiro atoms. The van der Waals surface area contributed by atoms with Gasteiger partial charge in [-0.05, 0) is 35.6 Å². The van der Waals surface area contributed by atoms with Crippen LogP contribution in [0.25, 0.3) is 0 Å². The minimum atomic E-state index is -0.500. The van der Waals surface area contributed by atoms with Crippen molar-refractivity contribution in [1.82, 2.24) is 4.90 Å². The average Bonchev–Trinajstić information content (AvgIpc) is 2.48. The van der Waals surface area contributed by atoms with Gasteiger partial charge in [0.1, 0.15) is 0 Å². The van der Waals surface area contributed by atoms with E-state index in [1.165, 1.54) is 0 Å². The zero-order valence-corrected chi connectivity index (χ0v) is 14.1. The number of aliphatic hydroxyl groups excluding tert-OH is 2. The molecule has 0 aliphatic heterocycles. The normalized spacial score (nSPS) is 8.50. The van der Waals surface area contributed by atoms with Crippen molar-refractivity contribution >= 4 is 64.3 Å². The van der Waals surface area contributed by atoms with Crippen LogP contribution in [0.5, 0.6) is 0 Å². The van der Waals surface area contributed by atoms with E-state index in [1.54, 1.807) is 4.90 Å². The maximum absolute atomic E-state index is 9.59. The van der Waals surface area contributed by atoms with Crippen molar-refractivity contribution in [1.29, 1.82) is 0 Å². The van der Waals surface area contributed by atoms with Crippen LogP contribution in [0.3, 0.4) is 0 Å². The van der Waals surface area contributed by atoms with E-state index in [2.05, 4.69) is 18.0 Å². The predicted octanol–water partition coefficient (Wildman–Crippen LogP) is 1.85. The standard InChI is InChI=1S/C15H15NOS.CH3NOS.Na.H2O.H/c17-15(18)16(11-13-7-3-1-4-8-13)12-14-9-5-2-6-10-14;2-1(3)4;;;/h1-10H,11-12H2,(H,17,18);(H3,2,3,4);;1H2;. The van der Waals surface area contributed by atoms with Crippen molar-refractivity contribution in [2.75, 3.05) is 0 Å². The molecule has 24 heavy (non-hydrogen) atoms. The van der Waals surface area contributed by atoms with Crippen LogP contribution >= 0.6 is 24.4 Å². The third-order valence-corrected chi connectivity index (χ3v) is 2.96. The average molecular weight is 376 g/mol. The molecule has 0 saturated carbocycles. The molecule has 0 radical (unpaired) electrons. The van der Waals surface area contributed by atoms with E-state index in [1.807, 2.05) is 60.7 Å². The van der Waals surface area contributed by atoms with E-state index in [9.17, 15) is 5.11 Å². The van der Waals surface area contributed by atoms with Crippen LogP contribution in [0.15, 0.2) is 60.7 Å². The molecule has 8 heteroatoms. The van der Waals surface area contributed by atoms with E-state index in [0.29, 0.717) is 13.1 Å². The first kappa shape index (κ1) is 25.0. The van der Waals surface area contributed by atoms with Gasteiger partial charge in [-0.2, -0.15) is 0 Å². The Kier molecular flexibility index (Phi) is 14.8. The third kappa shape index (κ3) is 11.3. The number of nitrogens with two attached hydrogens (primary N) is 1. The topological polar surface area (TPSA) is 101 Å². The van der Waals surface area contributed by atoms with Crippen LogP contribution in [0, 0.1) is 0 Å². The zero-order chi connectivity index (χ0) is 16.4. The van der Waals surface area contributed by atoms with Crippen molar-refractivity contribution in [3.05, 3.63) is 71.8 Å². The second kappa shape index (κ2) is 14.2. The molecule has 0 aromatic heterocycles. The summed E-state index contributed by atoms with van der Waals surface area (Å²) in [6.07, 6.45) is 0. The number of aliphatic hydroxyl groups is 2. The molecule has 0 fully saturated rings. The summed E-state index contributed by atoms with van der Waals surface area (Å²) in [6.45, 7) is 1.23.